The van der Waals surface area contributed by atoms with Gasteiger partial charge >= 0.3 is 12.1 Å². The maximum Gasteiger partial charge on any atom is 0.418 e. The van der Waals surface area contributed by atoms with Crippen LogP contribution in [0.5, 0.6) is 0 Å². The molecule has 2 aliphatic rings. The van der Waals surface area contributed by atoms with Crippen molar-refractivity contribution in [3.8, 4) is 11.3 Å². The Balaban J connectivity index is 1.43. The average molecular weight is 545 g/mol. The molecule has 198 valence electrons. The molecule has 3 N–H and O–H groups in total. The lowest BCUT2D eigenvalue weighted by Gasteiger charge is -2.26. The van der Waals surface area contributed by atoms with E-state index in [4.69, 9.17) is 0 Å². The lowest BCUT2D eigenvalue weighted by molar-refractivity contribution is -0.143. The topological polar surface area (TPSA) is 121 Å². The Hall–Kier alpha value is -3.93. The summed E-state index contributed by atoms with van der Waals surface area (Å²) in [7, 11) is -4.34. The van der Waals surface area contributed by atoms with Gasteiger partial charge in [0.25, 0.3) is 10.0 Å². The van der Waals surface area contributed by atoms with E-state index in [1.165, 1.54) is 24.3 Å². The number of halogens is 3. The number of sulfonamides is 1. The average Bonchev–Trinajstić information content (AvgIpc) is 3.45. The predicted molar refractivity (Wildman–Crippen MR) is 134 cm³/mol. The van der Waals surface area contributed by atoms with E-state index in [0.29, 0.717) is 12.0 Å². The van der Waals surface area contributed by atoms with Crippen molar-refractivity contribution in [2.24, 2.45) is 17.8 Å². The molecule has 0 amide bonds. The third-order valence-corrected chi connectivity index (χ3v) is 8.15. The van der Waals surface area contributed by atoms with E-state index in [1.54, 1.807) is 25.1 Å². The van der Waals surface area contributed by atoms with Gasteiger partial charge in [0, 0.05) is 11.6 Å². The van der Waals surface area contributed by atoms with Crippen molar-refractivity contribution >= 4 is 27.6 Å². The SMILES string of the molecule is Cc1ccccc1-c1nc(NS(=O)(=O)c2cccc(N[C@H]3[C@@H](C(=O)O)[C@H]4C=C[C@@H]3C4)n2)ccc1C(F)(F)F. The molecule has 0 unspecified atom stereocenters. The number of hydrogen-bond donors (Lipinski definition) is 3. The van der Waals surface area contributed by atoms with Crippen molar-refractivity contribution in [3.63, 3.8) is 0 Å². The standard InChI is InChI=1S/C26H23F3N4O4S/c1-14-5-2-3-6-17(14)24-18(26(27,28)29)11-12-20(32-24)33-38(36,37)21-8-4-7-19(30-21)31-23-16-10-9-15(13-16)22(23)25(34)35/h2-12,15-16,22-23H,13H2,1H3,(H,30,31)(H,32,33)(H,34,35)/t15-,16+,22-,23+/m0/s1. The molecule has 0 saturated heterocycles. The lowest BCUT2D eigenvalue weighted by Crippen LogP contribution is -2.38. The summed E-state index contributed by atoms with van der Waals surface area (Å²) in [5.41, 5.74) is -0.630. The number of aryl methyl sites for hydroxylation is 1. The number of anilines is 2. The van der Waals surface area contributed by atoms with Gasteiger partial charge in [0.1, 0.15) is 11.6 Å². The third kappa shape index (κ3) is 4.83. The fourth-order valence-electron chi connectivity index (χ4n) is 5.15. The van der Waals surface area contributed by atoms with Crippen molar-refractivity contribution in [2.45, 2.75) is 30.6 Å². The minimum absolute atomic E-state index is 0.0162. The van der Waals surface area contributed by atoms with Crippen molar-refractivity contribution in [3.05, 3.63) is 77.9 Å². The smallest absolute Gasteiger partial charge is 0.418 e. The summed E-state index contributed by atoms with van der Waals surface area (Å²) in [6.07, 6.45) is -0.169. The Kier molecular flexibility index (Phi) is 6.38. The number of nitrogens with zero attached hydrogens (tertiary/aromatic N) is 2. The molecule has 2 aromatic heterocycles. The molecule has 0 spiro atoms. The quantitative estimate of drug-likeness (QED) is 0.360. The van der Waals surface area contributed by atoms with Crippen LogP contribution in [0.3, 0.4) is 0 Å². The van der Waals surface area contributed by atoms with Gasteiger partial charge in [0.15, 0.2) is 5.03 Å². The maximum atomic E-state index is 13.7. The number of aliphatic carboxylic acids is 1. The first-order valence-corrected chi connectivity index (χ1v) is 13.2. The van der Waals surface area contributed by atoms with Gasteiger partial charge in [0.2, 0.25) is 0 Å². The van der Waals surface area contributed by atoms with Crippen LogP contribution in [0.1, 0.15) is 17.5 Å². The molecule has 4 atom stereocenters. The number of carboxylic acids is 1. The number of rotatable bonds is 7. The van der Waals surface area contributed by atoms with Crippen molar-refractivity contribution < 1.29 is 31.5 Å². The Morgan fingerprint density at radius 3 is 2.42 bits per heavy atom. The van der Waals surface area contributed by atoms with E-state index in [9.17, 15) is 31.5 Å². The van der Waals surface area contributed by atoms with Gasteiger partial charge in [-0.2, -0.15) is 21.6 Å². The summed E-state index contributed by atoms with van der Waals surface area (Å²) in [5, 5.41) is 12.3. The fraction of sp³-hybridized carbons (Fsp3) is 0.269. The van der Waals surface area contributed by atoms with Crippen LogP contribution in [0, 0.1) is 24.7 Å². The van der Waals surface area contributed by atoms with Crippen LogP contribution < -0.4 is 10.0 Å². The largest absolute Gasteiger partial charge is 0.481 e. The molecule has 1 saturated carbocycles. The Labute approximate surface area is 216 Å². The van der Waals surface area contributed by atoms with Crippen LogP contribution in [-0.4, -0.2) is 35.5 Å². The van der Waals surface area contributed by atoms with Crippen molar-refractivity contribution in [1.82, 2.24) is 9.97 Å². The molecule has 1 aromatic carbocycles. The summed E-state index contributed by atoms with van der Waals surface area (Å²) in [6, 6.07) is 11.9. The first-order chi connectivity index (χ1) is 17.9. The second kappa shape index (κ2) is 9.43. The van der Waals surface area contributed by atoms with E-state index in [1.807, 2.05) is 12.2 Å². The minimum atomic E-state index is -4.70. The molecular formula is C26H23F3N4O4S. The molecule has 5 rings (SSSR count). The number of aromatic nitrogens is 2. The number of carbonyl (C=O) groups is 1. The second-order valence-corrected chi connectivity index (χ2v) is 11.0. The van der Waals surface area contributed by atoms with Gasteiger partial charge in [-0.25, -0.2) is 9.97 Å². The number of carboxylic acid groups (broad SMARTS) is 1. The van der Waals surface area contributed by atoms with Gasteiger partial charge in [-0.05, 0) is 55.0 Å². The molecule has 2 bridgehead atoms. The highest BCUT2D eigenvalue weighted by atomic mass is 32.2. The van der Waals surface area contributed by atoms with Crippen LogP contribution in [0.25, 0.3) is 11.3 Å². The number of hydrogen-bond acceptors (Lipinski definition) is 6. The molecule has 2 aliphatic carbocycles. The van der Waals surface area contributed by atoms with E-state index < -0.39 is 50.4 Å². The van der Waals surface area contributed by atoms with Crippen LogP contribution in [0.15, 0.2) is 71.8 Å². The van der Waals surface area contributed by atoms with Gasteiger partial charge < -0.3 is 10.4 Å². The van der Waals surface area contributed by atoms with E-state index in [2.05, 4.69) is 20.0 Å². The third-order valence-electron chi connectivity index (χ3n) is 6.90. The monoisotopic (exact) mass is 544 g/mol. The minimum Gasteiger partial charge on any atom is -0.481 e. The van der Waals surface area contributed by atoms with Gasteiger partial charge in [-0.15, -0.1) is 0 Å². The highest BCUT2D eigenvalue weighted by Crippen LogP contribution is 2.45. The summed E-state index contributed by atoms with van der Waals surface area (Å²) in [5.74, 6) is -1.86. The van der Waals surface area contributed by atoms with Crippen molar-refractivity contribution in [2.75, 3.05) is 10.0 Å². The summed E-state index contributed by atoms with van der Waals surface area (Å²) in [6.45, 7) is 1.64. The van der Waals surface area contributed by atoms with Crippen LogP contribution in [0.2, 0.25) is 0 Å². The van der Waals surface area contributed by atoms with Gasteiger partial charge in [-0.3, -0.25) is 9.52 Å². The zero-order valence-corrected chi connectivity index (χ0v) is 20.8. The summed E-state index contributed by atoms with van der Waals surface area (Å²) in [4.78, 5) is 19.9. The number of allylic oxidation sites excluding steroid dienone is 1. The lowest BCUT2D eigenvalue weighted by atomic mass is 9.89. The Morgan fingerprint density at radius 2 is 1.71 bits per heavy atom. The first kappa shape index (κ1) is 25.7. The van der Waals surface area contributed by atoms with Crippen LogP contribution >= 0.6 is 0 Å². The first-order valence-electron chi connectivity index (χ1n) is 11.8. The van der Waals surface area contributed by atoms with Crippen molar-refractivity contribution in [1.29, 1.82) is 0 Å². The van der Waals surface area contributed by atoms with Gasteiger partial charge in [0.05, 0.1) is 17.2 Å². The second-order valence-electron chi connectivity index (χ2n) is 9.35. The van der Waals surface area contributed by atoms with E-state index >= 15 is 0 Å². The van der Waals surface area contributed by atoms with Crippen LogP contribution in [0.4, 0.5) is 24.8 Å². The summed E-state index contributed by atoms with van der Waals surface area (Å²) >= 11 is 0. The molecule has 0 radical (unpaired) electrons. The van der Waals surface area contributed by atoms with E-state index in [0.717, 1.165) is 12.1 Å². The zero-order chi connectivity index (χ0) is 27.2. The number of nitrogens with one attached hydrogen (secondary N) is 2. The number of alkyl halides is 3. The molecule has 0 aliphatic heterocycles. The normalized spacial score (nSPS) is 22.4. The van der Waals surface area contributed by atoms with Gasteiger partial charge in [-0.1, -0.05) is 42.5 Å². The number of fused-ring (bicyclic) bond motifs is 2. The predicted octanol–water partition coefficient (Wildman–Crippen LogP) is 4.96. The molecule has 1 fully saturated rings. The molecule has 12 heteroatoms. The molecule has 2 heterocycles. The molecular weight excluding hydrogens is 521 g/mol. The highest BCUT2D eigenvalue weighted by Gasteiger charge is 2.48. The molecule has 3 aromatic rings. The van der Waals surface area contributed by atoms with E-state index in [-0.39, 0.29) is 29.0 Å². The van der Waals surface area contributed by atoms with Crippen LogP contribution in [-0.2, 0) is 21.0 Å². The Morgan fingerprint density at radius 1 is 0.974 bits per heavy atom. The fourth-order valence-corrected chi connectivity index (χ4v) is 6.12. The zero-order valence-electron chi connectivity index (χ0n) is 20.0. The molecule has 38 heavy (non-hydrogen) atoms. The highest BCUT2D eigenvalue weighted by molar-refractivity contribution is 7.92. The summed E-state index contributed by atoms with van der Waals surface area (Å²) < 4.78 is 69.6. The number of pyridine rings is 2. The maximum absolute atomic E-state index is 13.7. The molecule has 8 nitrogen and oxygen atoms in total. The Bertz CT molecular complexity index is 1540. The number of benzene rings is 1.